The largest absolute Gasteiger partial charge is 0.384 e. The lowest BCUT2D eigenvalue weighted by Crippen LogP contribution is -2.24. The maximum atomic E-state index is 12.7. The van der Waals surface area contributed by atoms with E-state index < -0.39 is 0 Å². The van der Waals surface area contributed by atoms with Gasteiger partial charge in [0.25, 0.3) is 5.91 Å². The second kappa shape index (κ2) is 8.65. The number of nitriles is 1. The Morgan fingerprint density at radius 3 is 2.81 bits per heavy atom. The molecule has 3 heterocycles. The van der Waals surface area contributed by atoms with Gasteiger partial charge in [-0.2, -0.15) is 5.26 Å². The van der Waals surface area contributed by atoms with Gasteiger partial charge in [0.2, 0.25) is 5.82 Å². The van der Waals surface area contributed by atoms with Crippen LogP contribution in [0.2, 0.25) is 5.02 Å². The molecule has 0 atom stereocenters. The predicted octanol–water partition coefficient (Wildman–Crippen LogP) is 3.53. The minimum Gasteiger partial charge on any atom is -0.384 e. The zero-order valence-electron chi connectivity index (χ0n) is 17.6. The zero-order valence-corrected chi connectivity index (χ0v) is 18.3. The maximum Gasteiger partial charge on any atom is 0.271 e. The lowest BCUT2D eigenvalue weighted by molar-refractivity contribution is 0.0946. The summed E-state index contributed by atoms with van der Waals surface area (Å²) >= 11 is 6.04. The van der Waals surface area contributed by atoms with Gasteiger partial charge in [0.1, 0.15) is 17.6 Å². The van der Waals surface area contributed by atoms with Crippen molar-refractivity contribution >= 4 is 34.2 Å². The van der Waals surface area contributed by atoms with Crippen molar-refractivity contribution in [2.45, 2.75) is 26.9 Å². The van der Waals surface area contributed by atoms with E-state index in [9.17, 15) is 10.1 Å². The van der Waals surface area contributed by atoms with Crippen molar-refractivity contribution in [3.63, 3.8) is 0 Å². The Labute approximate surface area is 189 Å². The van der Waals surface area contributed by atoms with E-state index in [-0.39, 0.29) is 24.0 Å². The second-order valence-corrected chi connectivity index (χ2v) is 7.92. The van der Waals surface area contributed by atoms with Crippen molar-refractivity contribution < 1.29 is 4.79 Å². The van der Waals surface area contributed by atoms with Gasteiger partial charge in [0.15, 0.2) is 0 Å². The Bertz CT molecular complexity index is 1360. The number of nitrogens with zero attached hydrogens (tertiary/aromatic N) is 5. The highest BCUT2D eigenvalue weighted by atomic mass is 35.5. The van der Waals surface area contributed by atoms with Crippen LogP contribution in [0.3, 0.4) is 0 Å². The molecule has 4 aromatic rings. The summed E-state index contributed by atoms with van der Waals surface area (Å²) in [7, 11) is 0. The summed E-state index contributed by atoms with van der Waals surface area (Å²) in [4.78, 5) is 25.4. The summed E-state index contributed by atoms with van der Waals surface area (Å²) in [5, 5.41) is 13.8. The minimum atomic E-state index is -0.370. The molecule has 1 amide bonds. The number of amides is 1. The van der Waals surface area contributed by atoms with E-state index in [2.05, 4.69) is 26.3 Å². The summed E-state index contributed by atoms with van der Waals surface area (Å²) < 4.78 is 1.65. The van der Waals surface area contributed by atoms with Gasteiger partial charge in [0.05, 0.1) is 10.5 Å². The number of carbonyl (C=O) groups is 1. The van der Waals surface area contributed by atoms with Crippen molar-refractivity contribution in [3.05, 3.63) is 81.7 Å². The number of halogens is 1. The van der Waals surface area contributed by atoms with Crippen molar-refractivity contribution in [2.24, 2.45) is 0 Å². The fourth-order valence-corrected chi connectivity index (χ4v) is 3.76. The van der Waals surface area contributed by atoms with Gasteiger partial charge in [-0.3, -0.25) is 9.78 Å². The third-order valence-corrected chi connectivity index (χ3v) is 5.38. The molecule has 0 aliphatic heterocycles. The van der Waals surface area contributed by atoms with Crippen LogP contribution >= 0.6 is 11.6 Å². The van der Waals surface area contributed by atoms with E-state index in [1.54, 1.807) is 23.0 Å². The van der Waals surface area contributed by atoms with Gasteiger partial charge in [-0.15, -0.1) is 0 Å². The van der Waals surface area contributed by atoms with E-state index in [0.29, 0.717) is 17.4 Å². The van der Waals surface area contributed by atoms with E-state index in [0.717, 1.165) is 33.3 Å². The third kappa shape index (κ3) is 4.38. The van der Waals surface area contributed by atoms with Crippen molar-refractivity contribution in [2.75, 3.05) is 5.73 Å². The fraction of sp³-hybridized carbons (Fsp3) is 0.174. The van der Waals surface area contributed by atoms with Crippen LogP contribution in [0.4, 0.5) is 5.82 Å². The first-order valence-corrected chi connectivity index (χ1v) is 10.2. The van der Waals surface area contributed by atoms with Crippen LogP contribution in [0.15, 0.2) is 42.7 Å². The Kier molecular flexibility index (Phi) is 5.75. The molecule has 8 nitrogen and oxygen atoms in total. The zero-order chi connectivity index (χ0) is 22.8. The molecule has 3 aromatic heterocycles. The van der Waals surface area contributed by atoms with E-state index >= 15 is 0 Å². The predicted molar refractivity (Wildman–Crippen MR) is 122 cm³/mol. The lowest BCUT2D eigenvalue weighted by atomic mass is 10.1. The highest BCUT2D eigenvalue weighted by Crippen LogP contribution is 2.19. The molecular weight excluding hydrogens is 426 g/mol. The molecule has 160 valence electrons. The average Bonchev–Trinajstić information content (AvgIpc) is 3.15. The summed E-state index contributed by atoms with van der Waals surface area (Å²) in [6.07, 6.45) is 3.18. The highest BCUT2D eigenvalue weighted by Gasteiger charge is 2.16. The first kappa shape index (κ1) is 21.3. The van der Waals surface area contributed by atoms with Gasteiger partial charge in [-0.05, 0) is 54.8 Å². The van der Waals surface area contributed by atoms with Gasteiger partial charge >= 0.3 is 0 Å². The number of nitrogen functional groups attached to an aromatic ring is 1. The van der Waals surface area contributed by atoms with Crippen LogP contribution in [-0.2, 0) is 13.1 Å². The van der Waals surface area contributed by atoms with Crippen LogP contribution in [0.5, 0.6) is 0 Å². The van der Waals surface area contributed by atoms with Gasteiger partial charge < -0.3 is 15.6 Å². The number of anilines is 1. The maximum absolute atomic E-state index is 12.7. The smallest absolute Gasteiger partial charge is 0.271 e. The number of pyridine rings is 2. The summed E-state index contributed by atoms with van der Waals surface area (Å²) in [5.74, 6) is 0.227. The monoisotopic (exact) mass is 445 g/mol. The number of carbonyl (C=O) groups excluding carboxylic acids is 1. The lowest BCUT2D eigenvalue weighted by Gasteiger charge is -2.10. The van der Waals surface area contributed by atoms with Crippen LogP contribution in [0, 0.1) is 25.2 Å². The molecule has 0 saturated heterocycles. The average molecular weight is 446 g/mol. The molecule has 3 N–H and O–H groups in total. The first-order valence-electron chi connectivity index (χ1n) is 9.86. The minimum absolute atomic E-state index is 0.154. The number of hydrogen-bond donors (Lipinski definition) is 2. The molecule has 9 heteroatoms. The molecule has 1 aromatic carbocycles. The number of aryl methyl sites for hydroxylation is 2. The van der Waals surface area contributed by atoms with Crippen LogP contribution < -0.4 is 11.1 Å². The van der Waals surface area contributed by atoms with E-state index in [1.807, 2.05) is 38.1 Å². The van der Waals surface area contributed by atoms with Crippen molar-refractivity contribution in [3.8, 4) is 6.07 Å². The summed E-state index contributed by atoms with van der Waals surface area (Å²) in [6.45, 7) is 4.43. The molecule has 0 aliphatic carbocycles. The quantitative estimate of drug-likeness (QED) is 0.484. The topological polar surface area (TPSA) is 123 Å². The SMILES string of the molecule is Cc1cc(N)nc(C)c1CNC(=O)c1cn(Cc2ccc3ncc(Cl)cc3c2)c(C#N)n1. The number of rotatable bonds is 5. The third-order valence-electron chi connectivity index (χ3n) is 5.17. The molecule has 32 heavy (non-hydrogen) atoms. The summed E-state index contributed by atoms with van der Waals surface area (Å²) in [6, 6.07) is 11.4. The molecule has 0 bridgehead atoms. The summed E-state index contributed by atoms with van der Waals surface area (Å²) in [5.41, 5.74) is 10.3. The van der Waals surface area contributed by atoms with Crippen LogP contribution in [0.25, 0.3) is 10.9 Å². The first-order chi connectivity index (χ1) is 15.3. The van der Waals surface area contributed by atoms with Gasteiger partial charge in [-0.1, -0.05) is 17.7 Å². The van der Waals surface area contributed by atoms with Gasteiger partial charge in [0, 0.05) is 36.6 Å². The molecule has 0 aliphatic rings. The molecule has 0 saturated carbocycles. The Morgan fingerprint density at radius 2 is 2.06 bits per heavy atom. The second-order valence-electron chi connectivity index (χ2n) is 7.48. The normalized spacial score (nSPS) is 10.8. The van der Waals surface area contributed by atoms with Crippen LogP contribution in [-0.4, -0.2) is 25.4 Å². The van der Waals surface area contributed by atoms with Crippen molar-refractivity contribution in [1.29, 1.82) is 5.26 Å². The van der Waals surface area contributed by atoms with Crippen molar-refractivity contribution in [1.82, 2.24) is 24.8 Å². The number of hydrogen-bond acceptors (Lipinski definition) is 6. The standard InChI is InChI=1S/C23H20ClN7O/c1-13-5-21(26)29-14(2)18(13)10-28-23(32)20-12-31(22(8-25)30-20)11-15-3-4-19-16(6-15)7-17(24)9-27-19/h3-7,9,12H,10-11H2,1-2H3,(H2,26,29)(H,28,32). The van der Waals surface area contributed by atoms with Crippen LogP contribution in [0.1, 0.15) is 38.7 Å². The molecule has 0 radical (unpaired) electrons. The Morgan fingerprint density at radius 1 is 1.25 bits per heavy atom. The van der Waals surface area contributed by atoms with E-state index in [4.69, 9.17) is 17.3 Å². The number of nitrogens with one attached hydrogen (secondary N) is 1. The number of nitrogens with two attached hydrogens (primary N) is 1. The fourth-order valence-electron chi connectivity index (χ4n) is 3.60. The molecule has 4 rings (SSSR count). The Balaban J connectivity index is 1.53. The van der Waals surface area contributed by atoms with Gasteiger partial charge in [-0.25, -0.2) is 9.97 Å². The number of fused-ring (bicyclic) bond motifs is 1. The molecule has 0 fully saturated rings. The highest BCUT2D eigenvalue weighted by molar-refractivity contribution is 6.31. The number of imidazole rings is 1. The molecular formula is C23H20ClN7O. The van der Waals surface area contributed by atoms with E-state index in [1.165, 1.54) is 0 Å². The molecule has 0 spiro atoms. The molecule has 0 unspecified atom stereocenters. The Hall–Kier alpha value is -3.96. The number of benzene rings is 1. The number of aromatic nitrogens is 4.